The highest BCUT2D eigenvalue weighted by Gasteiger charge is 1.97. The van der Waals surface area contributed by atoms with E-state index < -0.39 is 0 Å². The first-order valence-corrected chi connectivity index (χ1v) is 5.95. The average Bonchev–Trinajstić information content (AvgIpc) is 2.35. The highest BCUT2D eigenvalue weighted by atomic mass is 127. The highest BCUT2D eigenvalue weighted by molar-refractivity contribution is 14.0. The lowest BCUT2D eigenvalue weighted by atomic mass is 10.2. The van der Waals surface area contributed by atoms with Crippen LogP contribution in [-0.4, -0.2) is 19.6 Å². The Morgan fingerprint density at radius 1 is 1.22 bits per heavy atom. The van der Waals surface area contributed by atoms with E-state index in [1.807, 2.05) is 0 Å². The van der Waals surface area contributed by atoms with Crippen molar-refractivity contribution in [3.05, 3.63) is 35.6 Å². The molecule has 0 aliphatic carbocycles. The number of aliphatic imine (C=N–C) groups is 1. The van der Waals surface area contributed by atoms with Crippen molar-refractivity contribution in [1.29, 1.82) is 0 Å². The molecule has 0 fully saturated rings. The summed E-state index contributed by atoms with van der Waals surface area (Å²) in [7, 11) is 1.74. The van der Waals surface area contributed by atoms with Crippen molar-refractivity contribution < 1.29 is 4.39 Å². The fourth-order valence-corrected chi connectivity index (χ4v) is 1.39. The van der Waals surface area contributed by atoms with Gasteiger partial charge in [0.1, 0.15) is 5.82 Å². The van der Waals surface area contributed by atoms with E-state index in [0.717, 1.165) is 30.9 Å². The summed E-state index contributed by atoms with van der Waals surface area (Å²) in [6.45, 7) is 3.71. The third-order valence-electron chi connectivity index (χ3n) is 2.42. The number of nitrogens with zero attached hydrogens (tertiary/aromatic N) is 1. The van der Waals surface area contributed by atoms with Crippen molar-refractivity contribution in [3.63, 3.8) is 0 Å². The number of benzene rings is 1. The van der Waals surface area contributed by atoms with E-state index >= 15 is 0 Å². The molecule has 1 rings (SSSR count). The molecule has 0 spiro atoms. The normalized spacial score (nSPS) is 10.7. The molecule has 1 aromatic rings. The summed E-state index contributed by atoms with van der Waals surface area (Å²) >= 11 is 0. The Morgan fingerprint density at radius 3 is 2.44 bits per heavy atom. The van der Waals surface area contributed by atoms with Crippen LogP contribution >= 0.6 is 24.0 Å². The molecule has 0 radical (unpaired) electrons. The van der Waals surface area contributed by atoms with Crippen LogP contribution in [0.4, 0.5) is 4.39 Å². The largest absolute Gasteiger partial charge is 0.356 e. The third-order valence-corrected chi connectivity index (χ3v) is 2.42. The molecule has 1 aromatic carbocycles. The van der Waals surface area contributed by atoms with Gasteiger partial charge in [-0.05, 0) is 24.1 Å². The van der Waals surface area contributed by atoms with Crippen molar-refractivity contribution >= 4 is 29.9 Å². The Balaban J connectivity index is 0.00000289. The lowest BCUT2D eigenvalue weighted by Gasteiger charge is -2.11. The van der Waals surface area contributed by atoms with Gasteiger partial charge in [-0.15, -0.1) is 24.0 Å². The van der Waals surface area contributed by atoms with Gasteiger partial charge in [0.15, 0.2) is 5.96 Å². The SMILES string of the molecule is CCCCNC(=NC)NCc1ccc(F)cc1.I. The summed E-state index contributed by atoms with van der Waals surface area (Å²) in [4.78, 5) is 4.11. The first kappa shape index (κ1) is 17.2. The number of nitrogens with one attached hydrogen (secondary N) is 2. The molecule has 0 unspecified atom stereocenters. The van der Waals surface area contributed by atoms with E-state index in [1.165, 1.54) is 12.1 Å². The van der Waals surface area contributed by atoms with Gasteiger partial charge >= 0.3 is 0 Å². The molecule has 0 aliphatic rings. The van der Waals surface area contributed by atoms with Crippen LogP contribution in [0.25, 0.3) is 0 Å². The van der Waals surface area contributed by atoms with Crippen LogP contribution in [0.2, 0.25) is 0 Å². The Hall–Kier alpha value is -0.850. The third kappa shape index (κ3) is 6.78. The van der Waals surface area contributed by atoms with Crippen LogP contribution in [0.1, 0.15) is 25.3 Å². The predicted octanol–water partition coefficient (Wildman–Crippen LogP) is 2.91. The maximum Gasteiger partial charge on any atom is 0.191 e. The molecule has 0 amide bonds. The van der Waals surface area contributed by atoms with Gasteiger partial charge < -0.3 is 10.6 Å². The van der Waals surface area contributed by atoms with Gasteiger partial charge in [-0.25, -0.2) is 4.39 Å². The van der Waals surface area contributed by atoms with Crippen LogP contribution in [0.5, 0.6) is 0 Å². The summed E-state index contributed by atoms with van der Waals surface area (Å²) in [6, 6.07) is 6.46. The van der Waals surface area contributed by atoms with Gasteiger partial charge in [-0.1, -0.05) is 25.5 Å². The predicted molar refractivity (Wildman–Crippen MR) is 84.9 cm³/mol. The van der Waals surface area contributed by atoms with Crippen LogP contribution < -0.4 is 10.6 Å². The zero-order chi connectivity index (χ0) is 12.5. The Labute approximate surface area is 125 Å². The van der Waals surface area contributed by atoms with Gasteiger partial charge in [0.2, 0.25) is 0 Å². The Kier molecular flexibility index (Phi) is 9.63. The minimum absolute atomic E-state index is 0. The fourth-order valence-electron chi connectivity index (χ4n) is 1.39. The Bertz CT molecular complexity index is 352. The van der Waals surface area contributed by atoms with Crippen molar-refractivity contribution in [2.75, 3.05) is 13.6 Å². The van der Waals surface area contributed by atoms with E-state index in [9.17, 15) is 4.39 Å². The molecule has 0 saturated heterocycles. The number of unbranched alkanes of at least 4 members (excludes halogenated alkanes) is 1. The number of hydrogen-bond donors (Lipinski definition) is 2. The molecule has 102 valence electrons. The molecule has 0 atom stereocenters. The van der Waals surface area contributed by atoms with Gasteiger partial charge in [0.05, 0.1) is 0 Å². The molecular formula is C13H21FIN3. The van der Waals surface area contributed by atoms with E-state index in [0.29, 0.717) is 6.54 Å². The number of hydrogen-bond acceptors (Lipinski definition) is 1. The minimum atomic E-state index is -0.209. The van der Waals surface area contributed by atoms with Crippen LogP contribution in [0.3, 0.4) is 0 Å². The zero-order valence-corrected chi connectivity index (χ0v) is 13.2. The average molecular weight is 365 g/mol. The smallest absolute Gasteiger partial charge is 0.191 e. The maximum absolute atomic E-state index is 12.7. The van der Waals surface area contributed by atoms with Crippen molar-refractivity contribution in [1.82, 2.24) is 10.6 Å². The first-order valence-electron chi connectivity index (χ1n) is 5.95. The van der Waals surface area contributed by atoms with Gasteiger partial charge in [-0.3, -0.25) is 4.99 Å². The molecule has 0 heterocycles. The molecule has 0 aliphatic heterocycles. The highest BCUT2D eigenvalue weighted by Crippen LogP contribution is 2.01. The van der Waals surface area contributed by atoms with Crippen molar-refractivity contribution in [2.24, 2.45) is 4.99 Å². The fraction of sp³-hybridized carbons (Fsp3) is 0.462. The summed E-state index contributed by atoms with van der Waals surface area (Å²) in [5.41, 5.74) is 1.03. The van der Waals surface area contributed by atoms with E-state index in [2.05, 4.69) is 22.5 Å². The van der Waals surface area contributed by atoms with Gasteiger partial charge in [0.25, 0.3) is 0 Å². The van der Waals surface area contributed by atoms with E-state index in [-0.39, 0.29) is 29.8 Å². The summed E-state index contributed by atoms with van der Waals surface area (Å²) < 4.78 is 12.7. The number of halogens is 2. The zero-order valence-electron chi connectivity index (χ0n) is 10.9. The summed E-state index contributed by atoms with van der Waals surface area (Å²) in [5.74, 6) is 0.571. The standard InChI is InChI=1S/C13H20FN3.HI/c1-3-4-9-16-13(15-2)17-10-11-5-7-12(14)8-6-11;/h5-8H,3-4,9-10H2,1-2H3,(H2,15,16,17);1H. The lowest BCUT2D eigenvalue weighted by molar-refractivity contribution is 0.626. The summed E-state index contributed by atoms with van der Waals surface area (Å²) in [6.07, 6.45) is 2.28. The molecule has 0 saturated carbocycles. The van der Waals surface area contributed by atoms with Crippen molar-refractivity contribution in [3.8, 4) is 0 Å². The minimum Gasteiger partial charge on any atom is -0.356 e. The number of rotatable bonds is 5. The summed E-state index contributed by atoms with van der Waals surface area (Å²) in [5, 5.41) is 6.40. The second kappa shape index (κ2) is 10.1. The molecule has 5 heteroatoms. The first-order chi connectivity index (χ1) is 8.26. The maximum atomic E-state index is 12.7. The lowest BCUT2D eigenvalue weighted by Crippen LogP contribution is -2.37. The van der Waals surface area contributed by atoms with E-state index in [4.69, 9.17) is 0 Å². The molecule has 18 heavy (non-hydrogen) atoms. The Morgan fingerprint density at radius 2 is 1.89 bits per heavy atom. The van der Waals surface area contributed by atoms with E-state index in [1.54, 1.807) is 19.2 Å². The molecule has 3 nitrogen and oxygen atoms in total. The molecule has 2 N–H and O–H groups in total. The number of guanidine groups is 1. The quantitative estimate of drug-likeness (QED) is 0.364. The second-order valence-electron chi connectivity index (χ2n) is 3.83. The van der Waals surface area contributed by atoms with Crippen molar-refractivity contribution in [2.45, 2.75) is 26.3 Å². The van der Waals surface area contributed by atoms with Crippen LogP contribution in [-0.2, 0) is 6.54 Å². The monoisotopic (exact) mass is 365 g/mol. The van der Waals surface area contributed by atoms with Crippen LogP contribution in [0, 0.1) is 5.82 Å². The molecule has 0 bridgehead atoms. The second-order valence-corrected chi connectivity index (χ2v) is 3.83. The topological polar surface area (TPSA) is 36.4 Å². The van der Waals surface area contributed by atoms with Gasteiger partial charge in [-0.2, -0.15) is 0 Å². The molecular weight excluding hydrogens is 344 g/mol. The van der Waals surface area contributed by atoms with Crippen LogP contribution in [0.15, 0.2) is 29.3 Å². The molecule has 0 aromatic heterocycles. The van der Waals surface area contributed by atoms with Gasteiger partial charge in [0, 0.05) is 20.1 Å².